The van der Waals surface area contributed by atoms with Crippen molar-refractivity contribution in [2.24, 2.45) is 0 Å². The van der Waals surface area contributed by atoms with E-state index in [0.29, 0.717) is 18.2 Å². The predicted octanol–water partition coefficient (Wildman–Crippen LogP) is 1.73. The number of ether oxygens (including phenoxy) is 1. The molecule has 0 bridgehead atoms. The van der Waals surface area contributed by atoms with Crippen LogP contribution in [0.5, 0.6) is 0 Å². The second kappa shape index (κ2) is 5.56. The number of benzene rings is 1. The van der Waals surface area contributed by atoms with Crippen LogP contribution in [0.4, 0.5) is 5.82 Å². The number of nitrogens with zero attached hydrogens (tertiary/aromatic N) is 3. The SMILES string of the molecule is CN1CCOC(c2nc(N)cc(-c3ccccc3)n2)C1. The van der Waals surface area contributed by atoms with Crippen molar-refractivity contribution in [2.75, 3.05) is 32.5 Å². The zero-order valence-electron chi connectivity index (χ0n) is 11.5. The lowest BCUT2D eigenvalue weighted by atomic mass is 10.1. The monoisotopic (exact) mass is 270 g/mol. The fraction of sp³-hybridized carbons (Fsp3) is 0.333. The van der Waals surface area contributed by atoms with E-state index in [9.17, 15) is 0 Å². The van der Waals surface area contributed by atoms with Crippen molar-refractivity contribution >= 4 is 5.82 Å². The quantitative estimate of drug-likeness (QED) is 0.900. The van der Waals surface area contributed by atoms with E-state index in [1.165, 1.54) is 0 Å². The Hall–Kier alpha value is -1.98. The van der Waals surface area contributed by atoms with Crippen molar-refractivity contribution < 1.29 is 4.74 Å². The third kappa shape index (κ3) is 2.79. The summed E-state index contributed by atoms with van der Waals surface area (Å²) in [5.41, 5.74) is 7.79. The highest BCUT2D eigenvalue weighted by Crippen LogP contribution is 2.23. The largest absolute Gasteiger partial charge is 0.384 e. The lowest BCUT2D eigenvalue weighted by Crippen LogP contribution is -2.36. The van der Waals surface area contributed by atoms with E-state index in [0.717, 1.165) is 24.3 Å². The van der Waals surface area contributed by atoms with Gasteiger partial charge in [0.2, 0.25) is 0 Å². The van der Waals surface area contributed by atoms with Gasteiger partial charge in [0.25, 0.3) is 0 Å². The molecule has 0 spiro atoms. The standard InChI is InChI=1S/C15H18N4O/c1-19-7-8-20-13(10-19)15-17-12(9-14(16)18-15)11-5-3-2-4-6-11/h2-6,9,13H,7-8,10H2,1H3,(H2,16,17,18). The number of morpholine rings is 1. The minimum atomic E-state index is -0.111. The van der Waals surface area contributed by atoms with Crippen molar-refractivity contribution in [3.05, 3.63) is 42.2 Å². The summed E-state index contributed by atoms with van der Waals surface area (Å²) in [6, 6.07) is 11.8. The van der Waals surface area contributed by atoms with E-state index in [4.69, 9.17) is 10.5 Å². The number of nitrogens with two attached hydrogens (primary N) is 1. The molecule has 20 heavy (non-hydrogen) atoms. The molecule has 5 heteroatoms. The lowest BCUT2D eigenvalue weighted by molar-refractivity contribution is -0.0253. The molecule has 3 rings (SSSR count). The molecule has 5 nitrogen and oxygen atoms in total. The highest BCUT2D eigenvalue weighted by Gasteiger charge is 2.22. The molecule has 1 aliphatic heterocycles. The Kier molecular flexibility index (Phi) is 3.62. The second-order valence-electron chi connectivity index (χ2n) is 5.02. The zero-order chi connectivity index (χ0) is 13.9. The Morgan fingerprint density at radius 2 is 2.05 bits per heavy atom. The van der Waals surface area contributed by atoms with Gasteiger partial charge in [-0.3, -0.25) is 0 Å². The van der Waals surface area contributed by atoms with Crippen molar-refractivity contribution in [3.63, 3.8) is 0 Å². The van der Waals surface area contributed by atoms with Crippen LogP contribution in [0.2, 0.25) is 0 Å². The number of hydrogen-bond acceptors (Lipinski definition) is 5. The van der Waals surface area contributed by atoms with Gasteiger partial charge in [-0.15, -0.1) is 0 Å². The van der Waals surface area contributed by atoms with E-state index >= 15 is 0 Å². The van der Waals surface area contributed by atoms with Crippen molar-refractivity contribution in [3.8, 4) is 11.3 Å². The number of nitrogen functional groups attached to an aromatic ring is 1. The van der Waals surface area contributed by atoms with Gasteiger partial charge in [-0.2, -0.15) is 0 Å². The van der Waals surface area contributed by atoms with Crippen LogP contribution >= 0.6 is 0 Å². The maximum absolute atomic E-state index is 5.92. The molecule has 0 radical (unpaired) electrons. The van der Waals surface area contributed by atoms with Gasteiger partial charge in [0.15, 0.2) is 5.82 Å². The molecule has 1 atom stereocenters. The minimum absolute atomic E-state index is 0.111. The van der Waals surface area contributed by atoms with Crippen molar-refractivity contribution in [2.45, 2.75) is 6.10 Å². The van der Waals surface area contributed by atoms with Gasteiger partial charge < -0.3 is 15.4 Å². The second-order valence-corrected chi connectivity index (χ2v) is 5.02. The van der Waals surface area contributed by atoms with Gasteiger partial charge in [0.05, 0.1) is 12.3 Å². The smallest absolute Gasteiger partial charge is 0.161 e. The average molecular weight is 270 g/mol. The van der Waals surface area contributed by atoms with E-state index in [1.807, 2.05) is 30.3 Å². The van der Waals surface area contributed by atoms with Crippen LogP contribution in [0.15, 0.2) is 36.4 Å². The van der Waals surface area contributed by atoms with E-state index < -0.39 is 0 Å². The van der Waals surface area contributed by atoms with Gasteiger partial charge in [0.1, 0.15) is 11.9 Å². The Bertz CT molecular complexity index is 588. The fourth-order valence-corrected chi connectivity index (χ4v) is 2.32. The maximum atomic E-state index is 5.92. The van der Waals surface area contributed by atoms with Gasteiger partial charge in [0, 0.05) is 24.7 Å². The van der Waals surface area contributed by atoms with Crippen LogP contribution in [-0.2, 0) is 4.74 Å². The van der Waals surface area contributed by atoms with Crippen LogP contribution in [0.25, 0.3) is 11.3 Å². The van der Waals surface area contributed by atoms with Gasteiger partial charge in [-0.25, -0.2) is 9.97 Å². The van der Waals surface area contributed by atoms with E-state index in [-0.39, 0.29) is 6.10 Å². The molecule has 0 aliphatic carbocycles. The summed E-state index contributed by atoms with van der Waals surface area (Å²) in [5.74, 6) is 1.14. The van der Waals surface area contributed by atoms with E-state index in [1.54, 1.807) is 6.07 Å². The molecule has 1 fully saturated rings. The van der Waals surface area contributed by atoms with Crippen molar-refractivity contribution in [1.82, 2.24) is 14.9 Å². The number of likely N-dealkylation sites (N-methyl/N-ethyl adjacent to an activating group) is 1. The summed E-state index contributed by atoms with van der Waals surface area (Å²) in [4.78, 5) is 11.2. The highest BCUT2D eigenvalue weighted by molar-refractivity contribution is 5.61. The summed E-state index contributed by atoms with van der Waals surface area (Å²) in [6.07, 6.45) is -0.111. The molecule has 2 N–H and O–H groups in total. The first-order valence-electron chi connectivity index (χ1n) is 6.72. The van der Waals surface area contributed by atoms with Crippen LogP contribution < -0.4 is 5.73 Å². The van der Waals surface area contributed by atoms with Gasteiger partial charge in [-0.05, 0) is 7.05 Å². The molecule has 2 aromatic rings. The number of anilines is 1. The summed E-state index contributed by atoms with van der Waals surface area (Å²) in [5, 5.41) is 0. The molecule has 0 saturated carbocycles. The highest BCUT2D eigenvalue weighted by atomic mass is 16.5. The van der Waals surface area contributed by atoms with Crippen molar-refractivity contribution in [1.29, 1.82) is 0 Å². The first-order valence-corrected chi connectivity index (χ1v) is 6.72. The van der Waals surface area contributed by atoms with Crippen LogP contribution in [0.3, 0.4) is 0 Å². The van der Waals surface area contributed by atoms with Crippen LogP contribution in [0, 0.1) is 0 Å². The molecule has 1 aliphatic rings. The molecular formula is C15H18N4O. The lowest BCUT2D eigenvalue weighted by Gasteiger charge is -2.29. The third-order valence-corrected chi connectivity index (χ3v) is 3.39. The first kappa shape index (κ1) is 13.0. The Morgan fingerprint density at radius 3 is 2.80 bits per heavy atom. The molecule has 104 valence electrons. The normalized spacial score (nSPS) is 19.9. The summed E-state index contributed by atoms with van der Waals surface area (Å²) in [7, 11) is 2.07. The van der Waals surface area contributed by atoms with Crippen LogP contribution in [0.1, 0.15) is 11.9 Å². The molecular weight excluding hydrogens is 252 g/mol. The number of hydrogen-bond donors (Lipinski definition) is 1. The third-order valence-electron chi connectivity index (χ3n) is 3.39. The Morgan fingerprint density at radius 1 is 1.25 bits per heavy atom. The average Bonchev–Trinajstić information content (AvgIpc) is 2.47. The molecule has 2 heterocycles. The number of aromatic nitrogens is 2. The molecule has 0 amide bonds. The van der Waals surface area contributed by atoms with E-state index in [2.05, 4.69) is 21.9 Å². The predicted molar refractivity (Wildman–Crippen MR) is 78.1 cm³/mol. The summed E-state index contributed by atoms with van der Waals surface area (Å²) in [6.45, 7) is 2.42. The molecule has 1 saturated heterocycles. The molecule has 1 aromatic heterocycles. The summed E-state index contributed by atoms with van der Waals surface area (Å²) >= 11 is 0. The number of rotatable bonds is 2. The topological polar surface area (TPSA) is 64.3 Å². The molecule has 1 aromatic carbocycles. The van der Waals surface area contributed by atoms with Crippen LogP contribution in [-0.4, -0.2) is 41.6 Å². The zero-order valence-corrected chi connectivity index (χ0v) is 11.5. The van der Waals surface area contributed by atoms with Gasteiger partial charge in [-0.1, -0.05) is 30.3 Å². The summed E-state index contributed by atoms with van der Waals surface area (Å²) < 4.78 is 5.76. The first-order chi connectivity index (χ1) is 9.72. The molecule has 1 unspecified atom stereocenters. The minimum Gasteiger partial charge on any atom is -0.384 e. The maximum Gasteiger partial charge on any atom is 0.161 e. The fourth-order valence-electron chi connectivity index (χ4n) is 2.32. The Balaban J connectivity index is 1.94. The van der Waals surface area contributed by atoms with Gasteiger partial charge >= 0.3 is 0 Å². The Labute approximate surface area is 118 Å².